The zero-order chi connectivity index (χ0) is 20.8. The molecule has 1 saturated heterocycles. The third-order valence-corrected chi connectivity index (χ3v) is 5.43. The molecule has 2 heterocycles. The number of hydrogen-bond acceptors (Lipinski definition) is 5. The first-order valence-corrected chi connectivity index (χ1v) is 10.1. The fourth-order valence-corrected chi connectivity index (χ4v) is 3.48. The molecule has 1 fully saturated rings. The van der Waals surface area contributed by atoms with Crippen molar-refractivity contribution >= 4 is 17.5 Å². The highest BCUT2D eigenvalue weighted by molar-refractivity contribution is 5.93. The van der Waals surface area contributed by atoms with Crippen LogP contribution in [0.5, 0.6) is 0 Å². The third kappa shape index (κ3) is 5.92. The molecule has 3 rings (SSSR count). The van der Waals surface area contributed by atoms with Crippen LogP contribution in [0.3, 0.4) is 0 Å². The zero-order valence-corrected chi connectivity index (χ0v) is 17.4. The second-order valence-electron chi connectivity index (χ2n) is 7.65. The van der Waals surface area contributed by atoms with Crippen LogP contribution in [-0.2, 0) is 9.59 Å². The quantitative estimate of drug-likeness (QED) is 0.749. The number of carbonyl (C=O) groups excluding carboxylic acids is 2. The first-order valence-electron chi connectivity index (χ1n) is 10.1. The van der Waals surface area contributed by atoms with E-state index in [9.17, 15) is 9.59 Å². The van der Waals surface area contributed by atoms with Crippen LogP contribution in [0.25, 0.3) is 0 Å². The number of benzene rings is 1. The highest BCUT2D eigenvalue weighted by Gasteiger charge is 2.22. The highest BCUT2D eigenvalue weighted by Crippen LogP contribution is 2.18. The Morgan fingerprint density at radius 1 is 1.00 bits per heavy atom. The van der Waals surface area contributed by atoms with E-state index in [0.717, 1.165) is 48.8 Å². The van der Waals surface area contributed by atoms with Gasteiger partial charge in [-0.25, -0.2) is 0 Å². The summed E-state index contributed by atoms with van der Waals surface area (Å²) in [5.74, 6) is 0.727. The predicted octanol–water partition coefficient (Wildman–Crippen LogP) is 2.33. The Balaban J connectivity index is 1.39. The smallest absolute Gasteiger partial charge is 0.238 e. The molecule has 29 heavy (non-hydrogen) atoms. The summed E-state index contributed by atoms with van der Waals surface area (Å²) in [6.07, 6.45) is 1.60. The molecule has 1 aromatic heterocycles. The summed E-state index contributed by atoms with van der Waals surface area (Å²) in [5, 5.41) is 5.97. The molecular weight excluding hydrogens is 368 g/mol. The monoisotopic (exact) mass is 398 g/mol. The van der Waals surface area contributed by atoms with Crippen molar-refractivity contribution in [1.29, 1.82) is 0 Å². The van der Waals surface area contributed by atoms with E-state index in [2.05, 4.69) is 20.4 Å². The molecule has 1 aliphatic rings. The fraction of sp³-hybridized carbons (Fsp3) is 0.455. The Morgan fingerprint density at radius 3 is 2.28 bits per heavy atom. The Hall–Kier alpha value is -2.64. The second-order valence-corrected chi connectivity index (χ2v) is 7.65. The van der Waals surface area contributed by atoms with E-state index < -0.39 is 0 Å². The van der Waals surface area contributed by atoms with Gasteiger partial charge in [-0.15, -0.1) is 0 Å². The van der Waals surface area contributed by atoms with Crippen molar-refractivity contribution in [2.75, 3.05) is 44.6 Å². The number of piperazine rings is 1. The average molecular weight is 399 g/mol. The minimum Gasteiger partial charge on any atom is -0.467 e. The fourth-order valence-electron chi connectivity index (χ4n) is 3.48. The molecule has 0 aliphatic carbocycles. The number of carbonyl (C=O) groups is 2. The van der Waals surface area contributed by atoms with E-state index in [1.54, 1.807) is 6.26 Å². The molecule has 0 saturated carbocycles. The van der Waals surface area contributed by atoms with Crippen LogP contribution in [0.2, 0.25) is 0 Å². The van der Waals surface area contributed by atoms with Crippen LogP contribution < -0.4 is 10.6 Å². The highest BCUT2D eigenvalue weighted by atomic mass is 16.3. The van der Waals surface area contributed by atoms with Crippen LogP contribution in [0.4, 0.5) is 5.69 Å². The van der Waals surface area contributed by atoms with Crippen molar-refractivity contribution in [2.24, 2.45) is 0 Å². The number of furan rings is 1. The molecule has 2 amide bonds. The predicted molar refractivity (Wildman–Crippen MR) is 113 cm³/mol. The molecule has 1 atom stereocenters. The molecular formula is C22H30N4O3. The van der Waals surface area contributed by atoms with Gasteiger partial charge in [0.2, 0.25) is 11.8 Å². The summed E-state index contributed by atoms with van der Waals surface area (Å²) in [4.78, 5) is 28.9. The number of amides is 2. The zero-order valence-electron chi connectivity index (χ0n) is 17.4. The van der Waals surface area contributed by atoms with Gasteiger partial charge in [0.05, 0.1) is 25.4 Å². The number of anilines is 1. The van der Waals surface area contributed by atoms with Crippen LogP contribution >= 0.6 is 0 Å². The molecule has 2 N–H and O–H groups in total. The molecule has 1 aromatic carbocycles. The number of nitrogens with one attached hydrogen (secondary N) is 2. The minimum atomic E-state index is -0.146. The van der Waals surface area contributed by atoms with Crippen molar-refractivity contribution < 1.29 is 14.0 Å². The Kier molecular flexibility index (Phi) is 7.06. The molecule has 2 aromatic rings. The molecule has 156 valence electrons. The van der Waals surface area contributed by atoms with Gasteiger partial charge in [-0.3, -0.25) is 19.4 Å². The second kappa shape index (κ2) is 9.71. The summed E-state index contributed by atoms with van der Waals surface area (Å²) in [5.41, 5.74) is 3.13. The van der Waals surface area contributed by atoms with E-state index >= 15 is 0 Å². The van der Waals surface area contributed by atoms with Crippen LogP contribution in [-0.4, -0.2) is 60.9 Å². The van der Waals surface area contributed by atoms with E-state index in [1.165, 1.54) is 0 Å². The summed E-state index contributed by atoms with van der Waals surface area (Å²) in [6, 6.07) is 9.44. The maximum absolute atomic E-state index is 12.4. The first kappa shape index (κ1) is 21.1. The van der Waals surface area contributed by atoms with Crippen molar-refractivity contribution in [1.82, 2.24) is 15.1 Å². The summed E-state index contributed by atoms with van der Waals surface area (Å²) in [6.45, 7) is 9.73. The van der Waals surface area contributed by atoms with Crippen molar-refractivity contribution in [3.63, 3.8) is 0 Å². The van der Waals surface area contributed by atoms with Gasteiger partial charge in [0.1, 0.15) is 5.76 Å². The minimum absolute atomic E-state index is 0.00262. The lowest BCUT2D eigenvalue weighted by atomic mass is 10.1. The summed E-state index contributed by atoms with van der Waals surface area (Å²) in [7, 11) is 0. The summed E-state index contributed by atoms with van der Waals surface area (Å²) < 4.78 is 5.32. The normalized spacial score (nSPS) is 16.4. The van der Waals surface area contributed by atoms with Crippen LogP contribution in [0.1, 0.15) is 29.9 Å². The van der Waals surface area contributed by atoms with Gasteiger partial charge < -0.3 is 15.1 Å². The van der Waals surface area contributed by atoms with Crippen molar-refractivity contribution in [3.05, 3.63) is 53.5 Å². The van der Waals surface area contributed by atoms with E-state index in [0.29, 0.717) is 13.1 Å². The van der Waals surface area contributed by atoms with E-state index in [-0.39, 0.29) is 17.9 Å². The van der Waals surface area contributed by atoms with Crippen molar-refractivity contribution in [2.45, 2.75) is 26.8 Å². The maximum atomic E-state index is 12.4. The van der Waals surface area contributed by atoms with Gasteiger partial charge in [-0.2, -0.15) is 0 Å². The third-order valence-electron chi connectivity index (χ3n) is 5.43. The number of nitrogens with zero attached hydrogens (tertiary/aromatic N) is 2. The average Bonchev–Trinajstić information content (AvgIpc) is 3.22. The van der Waals surface area contributed by atoms with Gasteiger partial charge >= 0.3 is 0 Å². The Labute approximate surface area is 172 Å². The van der Waals surface area contributed by atoms with Gasteiger partial charge in [0, 0.05) is 31.9 Å². The topological polar surface area (TPSA) is 77.8 Å². The molecule has 1 aliphatic heterocycles. The lowest BCUT2D eigenvalue weighted by molar-refractivity contribution is -0.124. The van der Waals surface area contributed by atoms with Crippen LogP contribution in [0, 0.1) is 13.8 Å². The molecule has 0 spiro atoms. The van der Waals surface area contributed by atoms with Gasteiger partial charge in [0.25, 0.3) is 0 Å². The molecule has 7 heteroatoms. The molecule has 0 bridgehead atoms. The van der Waals surface area contributed by atoms with E-state index in [4.69, 9.17) is 4.42 Å². The first-order chi connectivity index (χ1) is 13.9. The van der Waals surface area contributed by atoms with Crippen LogP contribution in [0.15, 0.2) is 41.0 Å². The molecule has 0 radical (unpaired) electrons. The number of hydrogen-bond donors (Lipinski definition) is 2. The van der Waals surface area contributed by atoms with Gasteiger partial charge in [-0.1, -0.05) is 12.1 Å². The van der Waals surface area contributed by atoms with Crippen molar-refractivity contribution in [3.8, 4) is 0 Å². The summed E-state index contributed by atoms with van der Waals surface area (Å²) >= 11 is 0. The number of rotatable bonds is 7. The number of aryl methyl sites for hydroxylation is 1. The Bertz CT molecular complexity index is 827. The van der Waals surface area contributed by atoms with E-state index in [1.807, 2.05) is 51.1 Å². The standard InChI is InChI=1S/C22H30N4O3/c1-16-6-4-7-19(17(16)2)24-22(28)15-26-11-9-25(10-12-26)14-21(27)23-18(3)20-8-5-13-29-20/h4-8,13,18H,9-12,14-15H2,1-3H3,(H,23,27)(H,24,28)/t18-/m1/s1. The SMILES string of the molecule is Cc1cccc(NC(=O)CN2CCN(CC(=O)N[C@H](C)c3ccco3)CC2)c1C. The van der Waals surface area contributed by atoms with Gasteiger partial charge in [-0.05, 0) is 50.1 Å². The molecule has 7 nitrogen and oxygen atoms in total. The maximum Gasteiger partial charge on any atom is 0.238 e. The van der Waals surface area contributed by atoms with Gasteiger partial charge in [0.15, 0.2) is 0 Å². The Morgan fingerprint density at radius 2 is 1.66 bits per heavy atom. The largest absolute Gasteiger partial charge is 0.467 e. The molecule has 0 unspecified atom stereocenters. The lowest BCUT2D eigenvalue weighted by Gasteiger charge is -2.34. The lowest BCUT2D eigenvalue weighted by Crippen LogP contribution is -2.51.